The van der Waals surface area contributed by atoms with E-state index in [1.807, 2.05) is 17.7 Å². The third-order valence-electron chi connectivity index (χ3n) is 5.56. The van der Waals surface area contributed by atoms with Crippen LogP contribution >= 0.6 is 0 Å². The highest BCUT2D eigenvalue weighted by Gasteiger charge is 2.17. The molecular formula is C24H26N6O3S. The zero-order valence-electron chi connectivity index (χ0n) is 19.1. The van der Waals surface area contributed by atoms with E-state index in [0.29, 0.717) is 34.6 Å². The van der Waals surface area contributed by atoms with Crippen molar-refractivity contribution < 1.29 is 13.2 Å². The molecule has 0 fully saturated rings. The number of rotatable bonds is 8. The Morgan fingerprint density at radius 2 is 1.91 bits per heavy atom. The second-order valence-corrected chi connectivity index (χ2v) is 9.49. The minimum atomic E-state index is -3.71. The van der Waals surface area contributed by atoms with Crippen molar-refractivity contribution in [3.63, 3.8) is 0 Å². The number of nitrogens with zero attached hydrogens (tertiary/aromatic N) is 2. The molecule has 0 atom stereocenters. The lowest BCUT2D eigenvalue weighted by Gasteiger charge is -2.12. The van der Waals surface area contributed by atoms with E-state index in [9.17, 15) is 8.42 Å². The highest BCUT2D eigenvalue weighted by atomic mass is 32.2. The molecule has 176 valence electrons. The number of ether oxygens (including phenoxy) is 1. The first-order valence-corrected chi connectivity index (χ1v) is 12.0. The number of hydrogen-bond donors (Lipinski definition) is 4. The van der Waals surface area contributed by atoms with Gasteiger partial charge in [-0.25, -0.2) is 13.4 Å². The maximum absolute atomic E-state index is 12.8. The number of sulfonamides is 1. The zero-order chi connectivity index (χ0) is 24.5. The van der Waals surface area contributed by atoms with Crippen LogP contribution in [0.3, 0.4) is 0 Å². The van der Waals surface area contributed by atoms with Crippen molar-refractivity contribution in [2.45, 2.75) is 18.4 Å². The number of nitrogens with two attached hydrogens (primary N) is 1. The Morgan fingerprint density at radius 3 is 2.62 bits per heavy atom. The van der Waals surface area contributed by atoms with Crippen LogP contribution < -0.4 is 20.5 Å². The van der Waals surface area contributed by atoms with Gasteiger partial charge in [-0.2, -0.15) is 0 Å². The van der Waals surface area contributed by atoms with E-state index in [2.05, 4.69) is 15.0 Å². The quantitative estimate of drug-likeness (QED) is 0.226. The molecule has 0 aliphatic heterocycles. The summed E-state index contributed by atoms with van der Waals surface area (Å²) in [4.78, 5) is 4.92. The van der Waals surface area contributed by atoms with Crippen LogP contribution in [0.4, 0.5) is 11.4 Å². The largest absolute Gasteiger partial charge is 0.495 e. The highest BCUT2D eigenvalue weighted by Crippen LogP contribution is 2.27. The Bertz CT molecular complexity index is 1490. The summed E-state index contributed by atoms with van der Waals surface area (Å²) in [6, 6.07) is 17.4. The van der Waals surface area contributed by atoms with Crippen LogP contribution in [0.15, 0.2) is 65.6 Å². The predicted octanol–water partition coefficient (Wildman–Crippen LogP) is 3.59. The first kappa shape index (κ1) is 23.1. The van der Waals surface area contributed by atoms with Crippen LogP contribution in [-0.2, 0) is 23.6 Å². The van der Waals surface area contributed by atoms with Gasteiger partial charge in [0, 0.05) is 12.6 Å². The molecule has 0 radical (unpaired) electrons. The normalized spacial score (nSPS) is 11.4. The molecule has 0 spiro atoms. The fourth-order valence-electron chi connectivity index (χ4n) is 3.72. The first-order chi connectivity index (χ1) is 16.2. The lowest BCUT2D eigenvalue weighted by molar-refractivity contribution is 0.416. The average molecular weight is 479 g/mol. The second-order valence-electron chi connectivity index (χ2n) is 7.84. The zero-order valence-corrected chi connectivity index (χ0v) is 19.9. The lowest BCUT2D eigenvalue weighted by Crippen LogP contribution is -2.14. The van der Waals surface area contributed by atoms with Gasteiger partial charge in [0.1, 0.15) is 17.4 Å². The second kappa shape index (κ2) is 9.06. The van der Waals surface area contributed by atoms with E-state index in [4.69, 9.17) is 15.9 Å². The summed E-state index contributed by atoms with van der Waals surface area (Å²) in [7, 11) is -0.257. The van der Waals surface area contributed by atoms with Crippen molar-refractivity contribution >= 4 is 38.3 Å². The van der Waals surface area contributed by atoms with Crippen molar-refractivity contribution in [1.82, 2.24) is 9.55 Å². The van der Waals surface area contributed by atoms with Crippen molar-refractivity contribution in [2.24, 2.45) is 12.8 Å². The van der Waals surface area contributed by atoms with Gasteiger partial charge >= 0.3 is 0 Å². The average Bonchev–Trinajstić information content (AvgIpc) is 3.12. The fourth-order valence-corrected chi connectivity index (χ4v) is 5.02. The molecule has 3 aromatic carbocycles. The fraction of sp³-hybridized carbons (Fsp3) is 0.167. The van der Waals surface area contributed by atoms with Crippen LogP contribution in [0.5, 0.6) is 5.75 Å². The van der Waals surface area contributed by atoms with E-state index in [-0.39, 0.29) is 10.7 Å². The van der Waals surface area contributed by atoms with Gasteiger partial charge in [-0.1, -0.05) is 18.2 Å². The smallest absolute Gasteiger partial charge is 0.262 e. The minimum absolute atomic E-state index is 0.0333. The number of methoxy groups -OCH3 is 1. The van der Waals surface area contributed by atoms with E-state index in [1.54, 1.807) is 68.6 Å². The maximum atomic E-state index is 12.8. The summed E-state index contributed by atoms with van der Waals surface area (Å²) in [6.45, 7) is 2.17. The number of imidazole rings is 1. The topological polar surface area (TPSA) is 135 Å². The molecule has 0 aliphatic rings. The van der Waals surface area contributed by atoms with Crippen molar-refractivity contribution in [1.29, 1.82) is 5.41 Å². The summed E-state index contributed by atoms with van der Waals surface area (Å²) < 4.78 is 35.7. The van der Waals surface area contributed by atoms with Gasteiger partial charge in [-0.3, -0.25) is 10.1 Å². The van der Waals surface area contributed by atoms with Gasteiger partial charge in [0.15, 0.2) is 0 Å². The number of amidine groups is 1. The molecule has 0 aliphatic carbocycles. The number of anilines is 2. The van der Waals surface area contributed by atoms with Crippen molar-refractivity contribution in [2.75, 3.05) is 17.1 Å². The molecule has 0 saturated heterocycles. The number of nitrogens with one attached hydrogen (secondary N) is 3. The number of aryl methyl sites for hydroxylation is 2. The van der Waals surface area contributed by atoms with Crippen LogP contribution in [-0.4, -0.2) is 30.9 Å². The molecule has 1 heterocycles. The van der Waals surface area contributed by atoms with Gasteiger partial charge in [0.2, 0.25) is 0 Å². The van der Waals surface area contributed by atoms with E-state index >= 15 is 0 Å². The van der Waals surface area contributed by atoms with Crippen LogP contribution in [0, 0.1) is 12.3 Å². The third kappa shape index (κ3) is 4.53. The Morgan fingerprint density at radius 1 is 1.15 bits per heavy atom. The molecule has 5 N–H and O–H groups in total. The Kier molecular flexibility index (Phi) is 6.16. The van der Waals surface area contributed by atoms with Gasteiger partial charge in [0.25, 0.3) is 10.0 Å². The number of hydrogen-bond acceptors (Lipinski definition) is 6. The summed E-state index contributed by atoms with van der Waals surface area (Å²) in [6.07, 6.45) is 0. The molecule has 10 heteroatoms. The molecule has 0 saturated carbocycles. The molecule has 34 heavy (non-hydrogen) atoms. The van der Waals surface area contributed by atoms with E-state index in [1.165, 1.54) is 0 Å². The predicted molar refractivity (Wildman–Crippen MR) is 134 cm³/mol. The van der Waals surface area contributed by atoms with E-state index < -0.39 is 10.0 Å². The highest BCUT2D eigenvalue weighted by molar-refractivity contribution is 7.92. The minimum Gasteiger partial charge on any atom is -0.495 e. The lowest BCUT2D eigenvalue weighted by atomic mass is 10.1. The molecular weight excluding hydrogens is 452 g/mol. The standard InChI is InChI=1S/C24H26N6O3S/c1-15-6-4-5-7-22(15)34(31,32)29-17-9-11-20-19(13-17)28-23(30(20)2)14-27-18-10-8-16(24(25)26)12-21(18)33-3/h4-13,27,29H,14H2,1-3H3,(H3,25,26). The SMILES string of the molecule is COc1cc(C(=N)N)ccc1NCc1nc2cc(NS(=O)(=O)c3ccccc3C)ccc2n1C. The van der Waals surface area contributed by atoms with Gasteiger partial charge in [-0.05, 0) is 55.0 Å². The number of fused-ring (bicyclic) bond motifs is 1. The van der Waals surface area contributed by atoms with Crippen LogP contribution in [0.1, 0.15) is 17.0 Å². The number of aromatic nitrogens is 2. The summed E-state index contributed by atoms with van der Waals surface area (Å²) in [5.74, 6) is 1.29. The Balaban J connectivity index is 1.57. The van der Waals surface area contributed by atoms with Gasteiger partial charge in [-0.15, -0.1) is 0 Å². The molecule has 4 rings (SSSR count). The van der Waals surface area contributed by atoms with E-state index in [0.717, 1.165) is 17.0 Å². The third-order valence-corrected chi connectivity index (χ3v) is 7.10. The molecule has 0 unspecified atom stereocenters. The Labute approximate surface area is 198 Å². The molecule has 1 aromatic heterocycles. The molecule has 0 amide bonds. The van der Waals surface area contributed by atoms with Crippen LogP contribution in [0.25, 0.3) is 11.0 Å². The summed E-state index contributed by atoms with van der Waals surface area (Å²) >= 11 is 0. The summed E-state index contributed by atoms with van der Waals surface area (Å²) in [5, 5.41) is 10.9. The molecule has 0 bridgehead atoms. The molecule has 9 nitrogen and oxygen atoms in total. The Hall–Kier alpha value is -4.05. The number of nitrogen functional groups attached to an aromatic ring is 1. The summed E-state index contributed by atoms with van der Waals surface area (Å²) in [5.41, 5.74) is 9.53. The molecule has 4 aromatic rings. The number of benzene rings is 3. The van der Waals surface area contributed by atoms with Crippen LogP contribution in [0.2, 0.25) is 0 Å². The van der Waals surface area contributed by atoms with Gasteiger partial charge < -0.3 is 20.4 Å². The van der Waals surface area contributed by atoms with Gasteiger partial charge in [0.05, 0.1) is 41.0 Å². The van der Waals surface area contributed by atoms with Crippen molar-refractivity contribution in [3.05, 3.63) is 77.6 Å². The van der Waals surface area contributed by atoms with Crippen molar-refractivity contribution in [3.8, 4) is 5.75 Å². The monoisotopic (exact) mass is 478 g/mol. The first-order valence-electron chi connectivity index (χ1n) is 10.5. The maximum Gasteiger partial charge on any atom is 0.262 e.